The van der Waals surface area contributed by atoms with Gasteiger partial charge in [0, 0.05) is 0 Å². The largest absolute Gasteiger partial charge is 0.465 e. The van der Waals surface area contributed by atoms with Gasteiger partial charge in [0.1, 0.15) is 12.6 Å². The summed E-state index contributed by atoms with van der Waals surface area (Å²) in [5.74, 6) is -0.982. The van der Waals surface area contributed by atoms with E-state index in [0.717, 1.165) is 0 Å². The van der Waals surface area contributed by atoms with Gasteiger partial charge in [-0.2, -0.15) is 13.2 Å². The summed E-state index contributed by atoms with van der Waals surface area (Å²) in [5, 5.41) is 12.1. The molecule has 0 bridgehead atoms. The molecular formula is C10H17F3N2O3. The molecule has 0 saturated carbocycles. The van der Waals surface area contributed by atoms with E-state index < -0.39 is 36.2 Å². The molecule has 0 aromatic carbocycles. The molecule has 0 fully saturated rings. The monoisotopic (exact) mass is 270 g/mol. The van der Waals surface area contributed by atoms with Crippen LogP contribution in [0.1, 0.15) is 27.2 Å². The average molecular weight is 270 g/mol. The summed E-state index contributed by atoms with van der Waals surface area (Å²) in [5.41, 5.74) is -0.400. The van der Waals surface area contributed by atoms with Crippen molar-refractivity contribution < 1.29 is 27.9 Å². The first-order valence-electron chi connectivity index (χ1n) is 5.25. The summed E-state index contributed by atoms with van der Waals surface area (Å²) in [4.78, 5) is 22.0. The van der Waals surface area contributed by atoms with Gasteiger partial charge in [-0.05, 0) is 11.8 Å². The molecule has 0 heterocycles. The first-order valence-corrected chi connectivity index (χ1v) is 5.25. The Balaban J connectivity index is 4.55. The maximum Gasteiger partial charge on any atom is 0.405 e. The van der Waals surface area contributed by atoms with Gasteiger partial charge in [-0.15, -0.1) is 0 Å². The van der Waals surface area contributed by atoms with Gasteiger partial charge in [-0.1, -0.05) is 20.8 Å². The van der Waals surface area contributed by atoms with Crippen LogP contribution in [0.3, 0.4) is 0 Å². The minimum absolute atomic E-state index is 0.100. The molecule has 3 N–H and O–H groups in total. The summed E-state index contributed by atoms with van der Waals surface area (Å²) >= 11 is 0. The Labute approximate surface area is 103 Å². The van der Waals surface area contributed by atoms with Gasteiger partial charge < -0.3 is 15.7 Å². The maximum absolute atomic E-state index is 11.9. The second kappa shape index (κ2) is 5.92. The Morgan fingerprint density at radius 3 is 2.06 bits per heavy atom. The lowest BCUT2D eigenvalue weighted by Gasteiger charge is -2.25. The van der Waals surface area contributed by atoms with E-state index in [4.69, 9.17) is 5.11 Å². The van der Waals surface area contributed by atoms with Gasteiger partial charge in [0.2, 0.25) is 5.91 Å². The molecule has 8 heteroatoms. The summed E-state index contributed by atoms with van der Waals surface area (Å²) in [6.07, 6.45) is -5.87. The van der Waals surface area contributed by atoms with Crippen molar-refractivity contribution in [1.29, 1.82) is 0 Å². The van der Waals surface area contributed by atoms with Crippen LogP contribution >= 0.6 is 0 Å². The number of carbonyl (C=O) groups excluding carboxylic acids is 1. The van der Waals surface area contributed by atoms with Gasteiger partial charge in [0.15, 0.2) is 0 Å². The van der Waals surface area contributed by atoms with Crippen LogP contribution < -0.4 is 10.6 Å². The van der Waals surface area contributed by atoms with Crippen LogP contribution in [0.4, 0.5) is 18.0 Å². The van der Waals surface area contributed by atoms with Gasteiger partial charge >= 0.3 is 12.3 Å². The lowest BCUT2D eigenvalue weighted by atomic mass is 9.88. The smallest absolute Gasteiger partial charge is 0.405 e. The van der Waals surface area contributed by atoms with Crippen molar-refractivity contribution in [1.82, 2.24) is 10.6 Å². The van der Waals surface area contributed by atoms with Gasteiger partial charge in [0.05, 0.1) is 0 Å². The number of alkyl halides is 3. The first kappa shape index (κ1) is 16.5. The first-order chi connectivity index (χ1) is 7.91. The molecule has 106 valence electrons. The van der Waals surface area contributed by atoms with Crippen LogP contribution in [-0.4, -0.2) is 35.9 Å². The molecule has 0 spiro atoms. The van der Waals surface area contributed by atoms with Crippen LogP contribution in [0, 0.1) is 5.41 Å². The van der Waals surface area contributed by atoms with E-state index in [1.54, 1.807) is 26.1 Å². The highest BCUT2D eigenvalue weighted by atomic mass is 19.4. The Bertz CT molecular complexity index is 310. The lowest BCUT2D eigenvalue weighted by Crippen LogP contribution is -2.49. The van der Waals surface area contributed by atoms with E-state index >= 15 is 0 Å². The SMILES string of the molecule is CC(C)(C)C[C@@H](NC(=O)O)C(=O)NCC(F)(F)F. The molecule has 0 unspecified atom stereocenters. The van der Waals surface area contributed by atoms with Gasteiger partial charge in [-0.3, -0.25) is 4.79 Å². The second-order valence-corrected chi connectivity index (χ2v) is 5.10. The van der Waals surface area contributed by atoms with Crippen molar-refractivity contribution in [2.75, 3.05) is 6.54 Å². The highest BCUT2D eigenvalue weighted by Gasteiger charge is 2.31. The molecule has 0 aromatic heterocycles. The minimum Gasteiger partial charge on any atom is -0.465 e. The molecule has 2 amide bonds. The maximum atomic E-state index is 11.9. The number of rotatable bonds is 4. The number of carboxylic acid groups (broad SMARTS) is 1. The molecule has 0 radical (unpaired) electrons. The highest BCUT2D eigenvalue weighted by molar-refractivity contribution is 5.85. The van der Waals surface area contributed by atoms with E-state index in [1.165, 1.54) is 0 Å². The Kier molecular flexibility index (Phi) is 5.44. The van der Waals surface area contributed by atoms with Crippen molar-refractivity contribution in [2.24, 2.45) is 5.41 Å². The van der Waals surface area contributed by atoms with Crippen molar-refractivity contribution in [3.63, 3.8) is 0 Å². The van der Waals surface area contributed by atoms with E-state index in [0.29, 0.717) is 0 Å². The summed E-state index contributed by atoms with van der Waals surface area (Å²) in [6.45, 7) is 3.77. The van der Waals surface area contributed by atoms with Crippen LogP contribution in [0.2, 0.25) is 0 Å². The second-order valence-electron chi connectivity index (χ2n) is 5.10. The van der Waals surface area contributed by atoms with Crippen molar-refractivity contribution in [3.05, 3.63) is 0 Å². The molecule has 0 aromatic rings. The van der Waals surface area contributed by atoms with Gasteiger partial charge in [0.25, 0.3) is 0 Å². The number of halogens is 3. The number of carbonyl (C=O) groups is 2. The van der Waals surface area contributed by atoms with Crippen molar-refractivity contribution in [3.8, 4) is 0 Å². The molecule has 0 rings (SSSR count). The third kappa shape index (κ3) is 8.66. The average Bonchev–Trinajstić information content (AvgIpc) is 2.08. The molecule has 0 aliphatic heterocycles. The molecule has 1 atom stereocenters. The molecule has 0 aliphatic carbocycles. The fourth-order valence-electron chi connectivity index (χ4n) is 1.28. The molecule has 0 saturated heterocycles. The topological polar surface area (TPSA) is 78.4 Å². The summed E-state index contributed by atoms with van der Waals surface area (Å²) in [6, 6.07) is -1.20. The third-order valence-corrected chi connectivity index (χ3v) is 1.89. The predicted octanol–water partition coefficient (Wildman–Crippen LogP) is 1.74. The van der Waals surface area contributed by atoms with Crippen LogP contribution in [-0.2, 0) is 4.79 Å². The fourth-order valence-corrected chi connectivity index (χ4v) is 1.28. The normalized spacial score (nSPS) is 13.9. The zero-order valence-corrected chi connectivity index (χ0v) is 10.4. The Hall–Kier alpha value is -1.47. The zero-order chi connectivity index (χ0) is 14.6. The van der Waals surface area contributed by atoms with E-state index in [-0.39, 0.29) is 6.42 Å². The van der Waals surface area contributed by atoms with E-state index in [1.807, 2.05) is 5.32 Å². The Morgan fingerprint density at radius 1 is 1.22 bits per heavy atom. The van der Waals surface area contributed by atoms with Crippen LogP contribution in [0.15, 0.2) is 0 Å². The van der Waals surface area contributed by atoms with Gasteiger partial charge in [-0.25, -0.2) is 4.79 Å². The summed E-state index contributed by atoms with van der Waals surface area (Å²) in [7, 11) is 0. The fraction of sp³-hybridized carbons (Fsp3) is 0.800. The summed E-state index contributed by atoms with van der Waals surface area (Å²) < 4.78 is 35.8. The lowest BCUT2D eigenvalue weighted by molar-refractivity contribution is -0.139. The minimum atomic E-state index is -4.52. The van der Waals surface area contributed by atoms with Crippen LogP contribution in [0.25, 0.3) is 0 Å². The quantitative estimate of drug-likeness (QED) is 0.728. The molecule has 18 heavy (non-hydrogen) atoms. The number of hydrogen-bond donors (Lipinski definition) is 3. The number of nitrogens with one attached hydrogen (secondary N) is 2. The van der Waals surface area contributed by atoms with Crippen molar-refractivity contribution >= 4 is 12.0 Å². The zero-order valence-electron chi connectivity index (χ0n) is 10.4. The third-order valence-electron chi connectivity index (χ3n) is 1.89. The van der Waals surface area contributed by atoms with Crippen LogP contribution in [0.5, 0.6) is 0 Å². The predicted molar refractivity (Wildman–Crippen MR) is 58.1 cm³/mol. The Morgan fingerprint density at radius 2 is 1.72 bits per heavy atom. The van der Waals surface area contributed by atoms with Crippen molar-refractivity contribution in [2.45, 2.75) is 39.4 Å². The number of hydrogen-bond acceptors (Lipinski definition) is 2. The highest BCUT2D eigenvalue weighted by Crippen LogP contribution is 2.21. The molecule has 5 nitrogen and oxygen atoms in total. The molecule has 0 aliphatic rings. The number of amides is 2. The molecular weight excluding hydrogens is 253 g/mol. The van der Waals surface area contributed by atoms with E-state index in [2.05, 4.69) is 0 Å². The van der Waals surface area contributed by atoms with E-state index in [9.17, 15) is 22.8 Å². The standard InChI is InChI=1S/C10H17F3N2O3/c1-9(2,3)4-6(15-8(17)18)7(16)14-5-10(11,12)13/h6,15H,4-5H2,1-3H3,(H,14,16)(H,17,18)/t6-/m1/s1.